The minimum atomic E-state index is -4.60. The van der Waals surface area contributed by atoms with Crippen molar-refractivity contribution in [2.75, 3.05) is 17.5 Å². The first-order valence-electron chi connectivity index (χ1n) is 6.72. The number of fused-ring (bicyclic) bond motifs is 1. The number of benzene rings is 2. The molecule has 0 N–H and O–H groups in total. The Morgan fingerprint density at radius 1 is 1.04 bits per heavy atom. The van der Waals surface area contributed by atoms with Gasteiger partial charge in [0.25, 0.3) is 10.0 Å². The van der Waals surface area contributed by atoms with Gasteiger partial charge in [-0.3, -0.25) is 4.31 Å². The lowest BCUT2D eigenvalue weighted by Crippen LogP contribution is -2.38. The zero-order valence-electron chi connectivity index (χ0n) is 11.7. The summed E-state index contributed by atoms with van der Waals surface area (Å²) in [6, 6.07) is 10.2. The van der Waals surface area contributed by atoms with E-state index in [4.69, 9.17) is 4.74 Å². The highest BCUT2D eigenvalue weighted by Gasteiger charge is 2.34. The molecule has 2 aromatic rings. The average Bonchev–Trinajstić information content (AvgIpc) is 2.53. The van der Waals surface area contributed by atoms with Crippen molar-refractivity contribution in [2.45, 2.75) is 11.1 Å². The Hall–Kier alpha value is -2.22. The Kier molecular flexibility index (Phi) is 3.71. The Bertz CT molecular complexity index is 834. The molecular formula is C15H12F3NO3S. The van der Waals surface area contributed by atoms with E-state index in [-0.39, 0.29) is 13.2 Å². The predicted octanol–water partition coefficient (Wildman–Crippen LogP) is 3.29. The molecule has 23 heavy (non-hydrogen) atoms. The minimum absolute atomic E-state index is 0.0373. The average molecular weight is 343 g/mol. The number of rotatable bonds is 2. The summed E-state index contributed by atoms with van der Waals surface area (Å²) in [4.78, 5) is -0.399. The Morgan fingerprint density at radius 3 is 2.52 bits per heavy atom. The first kappa shape index (κ1) is 15.7. The van der Waals surface area contributed by atoms with Gasteiger partial charge < -0.3 is 4.74 Å². The summed E-state index contributed by atoms with van der Waals surface area (Å²) < 4.78 is 70.3. The van der Waals surface area contributed by atoms with Crippen molar-refractivity contribution in [2.24, 2.45) is 0 Å². The molecule has 0 bridgehead atoms. The van der Waals surface area contributed by atoms with Crippen molar-refractivity contribution < 1.29 is 26.3 Å². The van der Waals surface area contributed by atoms with Crippen LogP contribution in [0.15, 0.2) is 53.4 Å². The smallest absolute Gasteiger partial charge is 0.416 e. The molecule has 122 valence electrons. The van der Waals surface area contributed by atoms with E-state index in [0.29, 0.717) is 17.5 Å². The second-order valence-corrected chi connectivity index (χ2v) is 6.78. The summed E-state index contributed by atoms with van der Waals surface area (Å²) in [5.41, 5.74) is -0.684. The van der Waals surface area contributed by atoms with Gasteiger partial charge in [-0.25, -0.2) is 8.42 Å². The number of sulfonamides is 1. The molecule has 0 saturated heterocycles. The first-order chi connectivity index (χ1) is 10.8. The number of alkyl halides is 3. The summed E-state index contributed by atoms with van der Waals surface area (Å²) in [6.45, 7) is 0.171. The molecule has 0 spiro atoms. The van der Waals surface area contributed by atoms with Crippen LogP contribution in [0.25, 0.3) is 0 Å². The van der Waals surface area contributed by atoms with Crippen LogP contribution in [0.5, 0.6) is 5.75 Å². The van der Waals surface area contributed by atoms with Gasteiger partial charge in [-0.05, 0) is 30.3 Å². The van der Waals surface area contributed by atoms with Crippen LogP contribution in [0.3, 0.4) is 0 Å². The normalized spacial score (nSPS) is 15.0. The predicted molar refractivity (Wildman–Crippen MR) is 77.9 cm³/mol. The number of nitrogens with zero attached hydrogens (tertiary/aromatic N) is 1. The molecule has 0 unspecified atom stereocenters. The largest absolute Gasteiger partial charge is 0.489 e. The molecule has 0 saturated carbocycles. The molecule has 1 heterocycles. The number of para-hydroxylation sites is 2. The van der Waals surface area contributed by atoms with Crippen molar-refractivity contribution >= 4 is 15.7 Å². The molecule has 1 aliphatic rings. The molecule has 0 aromatic heterocycles. The van der Waals surface area contributed by atoms with Crippen LogP contribution in [0.1, 0.15) is 5.56 Å². The van der Waals surface area contributed by atoms with Crippen molar-refractivity contribution in [3.8, 4) is 5.75 Å². The molecular weight excluding hydrogens is 331 g/mol. The maximum Gasteiger partial charge on any atom is 0.416 e. The Labute approximate surface area is 131 Å². The van der Waals surface area contributed by atoms with Crippen LogP contribution in [0.2, 0.25) is 0 Å². The van der Waals surface area contributed by atoms with Gasteiger partial charge >= 0.3 is 6.18 Å². The topological polar surface area (TPSA) is 46.6 Å². The van der Waals surface area contributed by atoms with E-state index in [1.54, 1.807) is 24.3 Å². The monoisotopic (exact) mass is 343 g/mol. The third-order valence-electron chi connectivity index (χ3n) is 3.44. The van der Waals surface area contributed by atoms with Gasteiger partial charge in [0.2, 0.25) is 0 Å². The highest BCUT2D eigenvalue weighted by molar-refractivity contribution is 7.92. The molecule has 0 fully saturated rings. The van der Waals surface area contributed by atoms with Crippen molar-refractivity contribution in [3.05, 3.63) is 54.1 Å². The van der Waals surface area contributed by atoms with E-state index < -0.39 is 26.7 Å². The molecule has 0 atom stereocenters. The van der Waals surface area contributed by atoms with Gasteiger partial charge in [-0.15, -0.1) is 0 Å². The molecule has 3 rings (SSSR count). The zero-order valence-corrected chi connectivity index (χ0v) is 12.6. The zero-order chi connectivity index (χ0) is 16.7. The molecule has 1 aliphatic heterocycles. The van der Waals surface area contributed by atoms with Gasteiger partial charge in [-0.1, -0.05) is 18.2 Å². The van der Waals surface area contributed by atoms with Crippen LogP contribution < -0.4 is 9.04 Å². The maximum atomic E-state index is 12.8. The molecule has 0 aliphatic carbocycles. The fourth-order valence-electron chi connectivity index (χ4n) is 2.35. The third kappa shape index (κ3) is 2.86. The summed E-state index contributed by atoms with van der Waals surface area (Å²) in [5.74, 6) is 0.384. The van der Waals surface area contributed by atoms with Crippen LogP contribution in [-0.4, -0.2) is 21.6 Å². The highest BCUT2D eigenvalue weighted by atomic mass is 32.2. The fourth-order valence-corrected chi connectivity index (χ4v) is 3.86. The summed E-state index contributed by atoms with van der Waals surface area (Å²) >= 11 is 0. The highest BCUT2D eigenvalue weighted by Crippen LogP contribution is 2.36. The van der Waals surface area contributed by atoms with Crippen LogP contribution in [0, 0.1) is 0 Å². The summed E-state index contributed by atoms with van der Waals surface area (Å²) in [6.07, 6.45) is -4.60. The standard InChI is InChI=1S/C15H12F3NO3S/c16-15(17,18)11-4-3-5-12(10-11)23(20,21)19-8-9-22-14-7-2-1-6-13(14)19/h1-7,10H,8-9H2. The summed E-state index contributed by atoms with van der Waals surface area (Å²) in [5, 5.41) is 0. The SMILES string of the molecule is O=S(=O)(c1cccc(C(F)(F)F)c1)N1CCOc2ccccc21. The van der Waals surface area contributed by atoms with Gasteiger partial charge in [-0.2, -0.15) is 13.2 Å². The van der Waals surface area contributed by atoms with Crippen LogP contribution in [-0.2, 0) is 16.2 Å². The molecule has 8 heteroatoms. The molecule has 0 amide bonds. The molecule has 4 nitrogen and oxygen atoms in total. The van der Waals surface area contributed by atoms with E-state index in [1.807, 2.05) is 0 Å². The second kappa shape index (κ2) is 5.45. The summed E-state index contributed by atoms with van der Waals surface area (Å²) in [7, 11) is -4.10. The van der Waals surface area contributed by atoms with Gasteiger partial charge in [0, 0.05) is 0 Å². The van der Waals surface area contributed by atoms with Gasteiger partial charge in [0.15, 0.2) is 0 Å². The van der Waals surface area contributed by atoms with E-state index in [0.717, 1.165) is 22.5 Å². The van der Waals surface area contributed by atoms with Crippen LogP contribution in [0.4, 0.5) is 18.9 Å². The van der Waals surface area contributed by atoms with Crippen LogP contribution >= 0.6 is 0 Å². The number of halogens is 3. The lowest BCUT2D eigenvalue weighted by Gasteiger charge is -2.30. The maximum absolute atomic E-state index is 12.8. The molecule has 0 radical (unpaired) electrons. The van der Waals surface area contributed by atoms with E-state index in [9.17, 15) is 21.6 Å². The number of ether oxygens (including phenoxy) is 1. The van der Waals surface area contributed by atoms with Crippen molar-refractivity contribution in [1.29, 1.82) is 0 Å². The van der Waals surface area contributed by atoms with E-state index in [2.05, 4.69) is 0 Å². The number of hydrogen-bond acceptors (Lipinski definition) is 3. The quantitative estimate of drug-likeness (QED) is 0.841. The van der Waals surface area contributed by atoms with E-state index >= 15 is 0 Å². The number of hydrogen-bond donors (Lipinski definition) is 0. The van der Waals surface area contributed by atoms with Crippen molar-refractivity contribution in [3.63, 3.8) is 0 Å². The lowest BCUT2D eigenvalue weighted by atomic mass is 10.2. The lowest BCUT2D eigenvalue weighted by molar-refractivity contribution is -0.137. The first-order valence-corrected chi connectivity index (χ1v) is 8.16. The molecule has 2 aromatic carbocycles. The second-order valence-electron chi connectivity index (χ2n) is 4.92. The van der Waals surface area contributed by atoms with E-state index in [1.165, 1.54) is 0 Å². The fraction of sp³-hybridized carbons (Fsp3) is 0.200. The van der Waals surface area contributed by atoms with Gasteiger partial charge in [0.05, 0.1) is 22.7 Å². The van der Waals surface area contributed by atoms with Crippen molar-refractivity contribution in [1.82, 2.24) is 0 Å². The minimum Gasteiger partial charge on any atom is -0.489 e. The Morgan fingerprint density at radius 2 is 1.78 bits per heavy atom. The number of anilines is 1. The Balaban J connectivity index is 2.07. The van der Waals surface area contributed by atoms with Gasteiger partial charge in [0.1, 0.15) is 12.4 Å². The third-order valence-corrected chi connectivity index (χ3v) is 5.24.